The van der Waals surface area contributed by atoms with Crippen molar-refractivity contribution in [3.63, 3.8) is 0 Å². The Balaban J connectivity index is 1.55. The van der Waals surface area contributed by atoms with Crippen molar-refractivity contribution in [3.8, 4) is 0 Å². The molecule has 1 saturated heterocycles. The molecule has 3 nitrogen and oxygen atoms in total. The second-order valence-corrected chi connectivity index (χ2v) is 6.20. The Morgan fingerprint density at radius 2 is 1.45 bits per heavy atom. The molecule has 3 heteroatoms. The van der Waals surface area contributed by atoms with Crippen molar-refractivity contribution < 1.29 is 0 Å². The molecule has 0 N–H and O–H groups in total. The van der Waals surface area contributed by atoms with Crippen molar-refractivity contribution in [1.29, 1.82) is 0 Å². The minimum absolute atomic E-state index is 0.983. The number of hydrogen-bond donors (Lipinski definition) is 0. The van der Waals surface area contributed by atoms with Gasteiger partial charge in [0.25, 0.3) is 0 Å². The molecule has 0 atom stereocenters. The molecular formula is C19H22N3. The van der Waals surface area contributed by atoms with Crippen LogP contribution in [0.25, 0.3) is 0 Å². The highest BCUT2D eigenvalue weighted by Gasteiger charge is 2.21. The molecule has 0 unspecified atom stereocenters. The molecule has 0 spiro atoms. The van der Waals surface area contributed by atoms with Crippen LogP contribution in [0.15, 0.2) is 48.5 Å². The standard InChI is InChI=1S/C19H22N3/c1-2-6-17-15-22(14-16(17)5-1)19-8-4-3-7-18(19)13-21-11-9-20-10-12-21/h1-8H,9-15H2. The second kappa shape index (κ2) is 6.11. The maximum Gasteiger partial charge on any atom is 0.0436 e. The van der Waals surface area contributed by atoms with E-state index < -0.39 is 0 Å². The van der Waals surface area contributed by atoms with E-state index in [2.05, 4.69) is 63.6 Å². The summed E-state index contributed by atoms with van der Waals surface area (Å²) in [6.07, 6.45) is 0. The Morgan fingerprint density at radius 1 is 0.818 bits per heavy atom. The Bertz CT molecular complexity index is 622. The number of rotatable bonds is 3. The lowest BCUT2D eigenvalue weighted by Gasteiger charge is -2.29. The van der Waals surface area contributed by atoms with Crippen molar-refractivity contribution in [2.45, 2.75) is 19.6 Å². The summed E-state index contributed by atoms with van der Waals surface area (Å²) in [5, 5.41) is 4.44. The number of fused-ring (bicyclic) bond motifs is 1. The van der Waals surface area contributed by atoms with Gasteiger partial charge < -0.3 is 4.90 Å². The first kappa shape index (κ1) is 13.8. The van der Waals surface area contributed by atoms with Gasteiger partial charge >= 0.3 is 0 Å². The lowest BCUT2D eigenvalue weighted by atomic mass is 10.1. The number of piperazine rings is 1. The van der Waals surface area contributed by atoms with Gasteiger partial charge in [-0.3, -0.25) is 4.90 Å². The van der Waals surface area contributed by atoms with Crippen molar-refractivity contribution in [2.75, 3.05) is 31.1 Å². The van der Waals surface area contributed by atoms with E-state index in [0.29, 0.717) is 0 Å². The van der Waals surface area contributed by atoms with Gasteiger partial charge in [0.1, 0.15) is 0 Å². The molecule has 0 aliphatic carbocycles. The van der Waals surface area contributed by atoms with Crippen molar-refractivity contribution in [3.05, 3.63) is 65.2 Å². The van der Waals surface area contributed by atoms with Crippen LogP contribution in [0.3, 0.4) is 0 Å². The highest BCUT2D eigenvalue weighted by Crippen LogP contribution is 2.31. The van der Waals surface area contributed by atoms with E-state index in [-0.39, 0.29) is 0 Å². The van der Waals surface area contributed by atoms with Gasteiger partial charge in [0, 0.05) is 51.5 Å². The van der Waals surface area contributed by atoms with Gasteiger partial charge in [-0.25, -0.2) is 5.32 Å². The molecule has 0 aromatic heterocycles. The third-order valence-electron chi connectivity index (χ3n) is 4.72. The van der Waals surface area contributed by atoms with Gasteiger partial charge in [0.15, 0.2) is 0 Å². The third-order valence-corrected chi connectivity index (χ3v) is 4.72. The number of para-hydroxylation sites is 1. The minimum atomic E-state index is 0.983. The maximum absolute atomic E-state index is 4.44. The number of benzene rings is 2. The second-order valence-electron chi connectivity index (χ2n) is 6.20. The molecular weight excluding hydrogens is 270 g/mol. The predicted molar refractivity (Wildman–Crippen MR) is 89.9 cm³/mol. The fourth-order valence-electron chi connectivity index (χ4n) is 3.50. The zero-order valence-electron chi connectivity index (χ0n) is 12.9. The molecule has 1 fully saturated rings. The fraction of sp³-hybridized carbons (Fsp3) is 0.368. The smallest absolute Gasteiger partial charge is 0.0436 e. The molecule has 2 heterocycles. The number of hydrogen-bond acceptors (Lipinski definition) is 2. The largest absolute Gasteiger partial charge is 0.363 e. The monoisotopic (exact) mass is 292 g/mol. The highest BCUT2D eigenvalue weighted by atomic mass is 15.2. The third kappa shape index (κ3) is 2.74. The van der Waals surface area contributed by atoms with Crippen LogP contribution in [0.5, 0.6) is 0 Å². The van der Waals surface area contributed by atoms with Gasteiger partial charge in [0.05, 0.1) is 0 Å². The van der Waals surface area contributed by atoms with Crippen LogP contribution < -0.4 is 10.2 Å². The molecule has 2 aliphatic rings. The summed E-state index contributed by atoms with van der Waals surface area (Å²) in [6.45, 7) is 7.25. The van der Waals surface area contributed by atoms with Crippen LogP contribution in [0.2, 0.25) is 0 Å². The molecule has 2 aliphatic heterocycles. The van der Waals surface area contributed by atoms with Crippen LogP contribution in [0, 0.1) is 0 Å². The normalized spacial score (nSPS) is 18.5. The van der Waals surface area contributed by atoms with Crippen LogP contribution in [-0.2, 0) is 19.6 Å². The summed E-state index contributed by atoms with van der Waals surface area (Å²) in [4.78, 5) is 5.03. The molecule has 0 bridgehead atoms. The van der Waals surface area contributed by atoms with Gasteiger partial charge in [-0.15, -0.1) is 0 Å². The molecule has 22 heavy (non-hydrogen) atoms. The van der Waals surface area contributed by atoms with Gasteiger partial charge in [-0.1, -0.05) is 42.5 Å². The topological polar surface area (TPSA) is 20.6 Å². The Hall–Kier alpha value is -1.84. The Labute approximate surface area is 132 Å². The van der Waals surface area contributed by atoms with Gasteiger partial charge in [-0.2, -0.15) is 0 Å². The summed E-state index contributed by atoms with van der Waals surface area (Å²) in [5.41, 5.74) is 5.77. The summed E-state index contributed by atoms with van der Waals surface area (Å²) in [5.74, 6) is 0. The van der Waals surface area contributed by atoms with Gasteiger partial charge in [0.2, 0.25) is 0 Å². The molecule has 1 radical (unpaired) electrons. The van der Waals surface area contributed by atoms with E-state index in [0.717, 1.165) is 45.8 Å². The SMILES string of the molecule is c1ccc2c(c1)CN(c1ccccc1CN1CC[N]CC1)C2. The fourth-order valence-corrected chi connectivity index (χ4v) is 3.50. The molecule has 0 saturated carbocycles. The van der Waals surface area contributed by atoms with Crippen LogP contribution >= 0.6 is 0 Å². The molecule has 2 aromatic carbocycles. The predicted octanol–water partition coefficient (Wildman–Crippen LogP) is 2.63. The summed E-state index contributed by atoms with van der Waals surface area (Å²) < 4.78 is 0. The lowest BCUT2D eigenvalue weighted by Crippen LogP contribution is -2.39. The van der Waals surface area contributed by atoms with E-state index in [9.17, 15) is 0 Å². The quantitative estimate of drug-likeness (QED) is 0.867. The van der Waals surface area contributed by atoms with E-state index in [1.165, 1.54) is 22.4 Å². The van der Waals surface area contributed by atoms with Crippen molar-refractivity contribution in [2.24, 2.45) is 0 Å². The maximum atomic E-state index is 4.44. The zero-order valence-corrected chi connectivity index (χ0v) is 12.9. The number of nitrogens with zero attached hydrogens (tertiary/aromatic N) is 3. The van der Waals surface area contributed by atoms with Crippen LogP contribution in [-0.4, -0.2) is 31.1 Å². The van der Waals surface area contributed by atoms with Crippen LogP contribution in [0.4, 0.5) is 5.69 Å². The van der Waals surface area contributed by atoms with E-state index in [1.807, 2.05) is 0 Å². The first-order chi connectivity index (χ1) is 10.9. The Kier molecular flexibility index (Phi) is 3.83. The molecule has 0 amide bonds. The highest BCUT2D eigenvalue weighted by molar-refractivity contribution is 5.57. The zero-order chi connectivity index (χ0) is 14.8. The summed E-state index contributed by atoms with van der Waals surface area (Å²) in [6, 6.07) is 17.7. The van der Waals surface area contributed by atoms with Crippen molar-refractivity contribution in [1.82, 2.24) is 10.2 Å². The lowest BCUT2D eigenvalue weighted by molar-refractivity contribution is 0.231. The van der Waals surface area contributed by atoms with E-state index >= 15 is 0 Å². The van der Waals surface area contributed by atoms with Crippen LogP contribution in [0.1, 0.15) is 16.7 Å². The summed E-state index contributed by atoms with van der Waals surface area (Å²) >= 11 is 0. The molecule has 113 valence electrons. The molecule has 2 aromatic rings. The van der Waals surface area contributed by atoms with Gasteiger partial charge in [-0.05, 0) is 22.8 Å². The first-order valence-corrected chi connectivity index (χ1v) is 8.15. The Morgan fingerprint density at radius 3 is 2.18 bits per heavy atom. The number of anilines is 1. The van der Waals surface area contributed by atoms with E-state index in [4.69, 9.17) is 0 Å². The average molecular weight is 292 g/mol. The van der Waals surface area contributed by atoms with E-state index in [1.54, 1.807) is 0 Å². The van der Waals surface area contributed by atoms with Crippen molar-refractivity contribution >= 4 is 5.69 Å². The molecule has 4 rings (SSSR count). The first-order valence-electron chi connectivity index (χ1n) is 8.15. The minimum Gasteiger partial charge on any atom is -0.363 e. The average Bonchev–Trinajstić information content (AvgIpc) is 3.00. The summed E-state index contributed by atoms with van der Waals surface area (Å²) in [7, 11) is 0.